The molecular formula is C10H19NO2. The number of hydrogen-bond donors (Lipinski definition) is 1. The molecule has 3 nitrogen and oxygen atoms in total. The number of amides is 1. The van der Waals surface area contributed by atoms with Crippen molar-refractivity contribution < 1.29 is 9.53 Å². The van der Waals surface area contributed by atoms with Gasteiger partial charge in [0.05, 0.1) is 6.61 Å². The molecule has 0 aromatic carbocycles. The highest BCUT2D eigenvalue weighted by atomic mass is 16.5. The highest BCUT2D eigenvalue weighted by Crippen LogP contribution is 2.18. The highest BCUT2D eigenvalue weighted by Gasteiger charge is 2.16. The van der Waals surface area contributed by atoms with E-state index in [1.165, 1.54) is 0 Å². The number of carbonyl (C=O) groups excluding carboxylic acids is 1. The Morgan fingerprint density at radius 3 is 2.69 bits per heavy atom. The van der Waals surface area contributed by atoms with Crippen molar-refractivity contribution in [1.82, 2.24) is 5.32 Å². The summed E-state index contributed by atoms with van der Waals surface area (Å²) >= 11 is 0. The summed E-state index contributed by atoms with van der Waals surface area (Å²) in [6.45, 7) is 10.6. The topological polar surface area (TPSA) is 38.3 Å². The number of nitrogens with one attached hydrogen (secondary N) is 1. The summed E-state index contributed by atoms with van der Waals surface area (Å²) in [6.07, 6.45) is 2.38. The lowest BCUT2D eigenvalue weighted by Gasteiger charge is -2.22. The second-order valence-electron chi connectivity index (χ2n) is 3.73. The van der Waals surface area contributed by atoms with Gasteiger partial charge in [0, 0.05) is 6.54 Å². The third-order valence-corrected chi connectivity index (χ3v) is 1.68. The fourth-order valence-corrected chi connectivity index (χ4v) is 0.956. The molecule has 13 heavy (non-hydrogen) atoms. The first kappa shape index (κ1) is 12.0. The molecule has 0 aliphatic carbocycles. The molecule has 0 saturated heterocycles. The Kier molecular flexibility index (Phi) is 5.19. The second kappa shape index (κ2) is 5.62. The predicted molar refractivity (Wildman–Crippen MR) is 53.6 cm³/mol. The monoisotopic (exact) mass is 185 g/mol. The molecule has 0 heterocycles. The molecule has 0 aliphatic heterocycles. The van der Waals surface area contributed by atoms with Gasteiger partial charge >= 0.3 is 6.09 Å². The van der Waals surface area contributed by atoms with E-state index in [-0.39, 0.29) is 11.5 Å². The van der Waals surface area contributed by atoms with Crippen molar-refractivity contribution in [2.24, 2.45) is 5.41 Å². The molecule has 0 fully saturated rings. The Morgan fingerprint density at radius 2 is 2.23 bits per heavy atom. The maximum absolute atomic E-state index is 10.9. The molecule has 76 valence electrons. The molecule has 0 aromatic rings. The van der Waals surface area contributed by atoms with Crippen molar-refractivity contribution >= 4 is 6.09 Å². The molecule has 3 heteroatoms. The number of alkyl carbamates (subject to hydrolysis) is 1. The first-order chi connectivity index (χ1) is 6.02. The van der Waals surface area contributed by atoms with Crippen molar-refractivity contribution in [2.75, 3.05) is 13.2 Å². The third-order valence-electron chi connectivity index (χ3n) is 1.68. The average Bonchev–Trinajstić information content (AvgIpc) is 2.02. The van der Waals surface area contributed by atoms with Crippen LogP contribution in [-0.2, 0) is 4.74 Å². The lowest BCUT2D eigenvalue weighted by atomic mass is 9.89. The largest absolute Gasteiger partial charge is 0.450 e. The van der Waals surface area contributed by atoms with Crippen LogP contribution < -0.4 is 5.32 Å². The van der Waals surface area contributed by atoms with Gasteiger partial charge in [-0.2, -0.15) is 0 Å². The van der Waals surface area contributed by atoms with Crippen LogP contribution in [-0.4, -0.2) is 19.2 Å². The molecule has 0 rings (SSSR count). The van der Waals surface area contributed by atoms with E-state index in [1.807, 2.05) is 6.08 Å². The zero-order valence-electron chi connectivity index (χ0n) is 8.72. The standard InChI is InChI=1S/C10H19NO2/c1-5-7-10(3,4)8-11-9(12)13-6-2/h5H,1,6-8H2,2-4H3,(H,11,12). The van der Waals surface area contributed by atoms with Crippen LogP contribution in [0.2, 0.25) is 0 Å². The lowest BCUT2D eigenvalue weighted by Crippen LogP contribution is -2.34. The minimum atomic E-state index is -0.348. The normalized spacial score (nSPS) is 10.7. The number of rotatable bonds is 5. The minimum absolute atomic E-state index is 0.0501. The van der Waals surface area contributed by atoms with E-state index in [4.69, 9.17) is 4.74 Å². The summed E-state index contributed by atoms with van der Waals surface area (Å²) in [5.41, 5.74) is 0.0501. The summed E-state index contributed by atoms with van der Waals surface area (Å²) in [5, 5.41) is 2.70. The zero-order valence-corrected chi connectivity index (χ0v) is 8.72. The molecule has 0 atom stereocenters. The van der Waals surface area contributed by atoms with Gasteiger partial charge in [-0.25, -0.2) is 4.79 Å². The fraction of sp³-hybridized carbons (Fsp3) is 0.700. The van der Waals surface area contributed by atoms with Crippen molar-refractivity contribution in [3.63, 3.8) is 0 Å². The fourth-order valence-electron chi connectivity index (χ4n) is 0.956. The Morgan fingerprint density at radius 1 is 1.62 bits per heavy atom. The number of allylic oxidation sites excluding steroid dienone is 1. The smallest absolute Gasteiger partial charge is 0.407 e. The minimum Gasteiger partial charge on any atom is -0.450 e. The van der Waals surface area contributed by atoms with E-state index < -0.39 is 0 Å². The molecule has 0 radical (unpaired) electrons. The maximum Gasteiger partial charge on any atom is 0.407 e. The van der Waals surface area contributed by atoms with Gasteiger partial charge in [0.2, 0.25) is 0 Å². The lowest BCUT2D eigenvalue weighted by molar-refractivity contribution is 0.147. The van der Waals surface area contributed by atoms with E-state index in [1.54, 1.807) is 6.92 Å². The van der Waals surface area contributed by atoms with E-state index in [2.05, 4.69) is 25.7 Å². The van der Waals surface area contributed by atoms with Crippen LogP contribution in [0.15, 0.2) is 12.7 Å². The van der Waals surface area contributed by atoms with Gasteiger partial charge in [0.15, 0.2) is 0 Å². The van der Waals surface area contributed by atoms with Crippen LogP contribution in [0.25, 0.3) is 0 Å². The molecule has 0 unspecified atom stereocenters. The molecule has 0 aromatic heterocycles. The number of ether oxygens (including phenoxy) is 1. The maximum atomic E-state index is 10.9. The molecule has 0 saturated carbocycles. The van der Waals surface area contributed by atoms with Gasteiger partial charge in [-0.15, -0.1) is 6.58 Å². The Balaban J connectivity index is 3.73. The summed E-state index contributed by atoms with van der Waals surface area (Å²) in [7, 11) is 0. The first-order valence-corrected chi connectivity index (χ1v) is 4.53. The van der Waals surface area contributed by atoms with Crippen LogP contribution >= 0.6 is 0 Å². The van der Waals surface area contributed by atoms with Crippen LogP contribution in [0.5, 0.6) is 0 Å². The van der Waals surface area contributed by atoms with Crippen LogP contribution in [0.3, 0.4) is 0 Å². The Hall–Kier alpha value is -0.990. The van der Waals surface area contributed by atoms with Crippen molar-refractivity contribution in [2.45, 2.75) is 27.2 Å². The van der Waals surface area contributed by atoms with Crippen LogP contribution in [0.4, 0.5) is 4.79 Å². The van der Waals surface area contributed by atoms with E-state index >= 15 is 0 Å². The van der Waals surface area contributed by atoms with Crippen molar-refractivity contribution in [3.8, 4) is 0 Å². The zero-order chi connectivity index (χ0) is 10.3. The number of carbonyl (C=O) groups is 1. The SMILES string of the molecule is C=CCC(C)(C)CNC(=O)OCC. The Bertz CT molecular complexity index is 176. The summed E-state index contributed by atoms with van der Waals surface area (Å²) in [6, 6.07) is 0. The molecule has 0 aliphatic rings. The second-order valence-corrected chi connectivity index (χ2v) is 3.73. The van der Waals surface area contributed by atoms with Crippen LogP contribution in [0, 0.1) is 5.41 Å². The predicted octanol–water partition coefficient (Wildman–Crippen LogP) is 2.33. The average molecular weight is 185 g/mol. The van der Waals surface area contributed by atoms with E-state index in [0.717, 1.165) is 6.42 Å². The van der Waals surface area contributed by atoms with Crippen molar-refractivity contribution in [3.05, 3.63) is 12.7 Å². The Labute approximate surface area is 80.2 Å². The molecule has 1 N–H and O–H groups in total. The molecular weight excluding hydrogens is 166 g/mol. The summed E-state index contributed by atoms with van der Waals surface area (Å²) in [5.74, 6) is 0. The van der Waals surface area contributed by atoms with E-state index in [9.17, 15) is 4.79 Å². The first-order valence-electron chi connectivity index (χ1n) is 4.53. The molecule has 1 amide bonds. The van der Waals surface area contributed by atoms with Gasteiger partial charge < -0.3 is 10.1 Å². The molecule has 0 bridgehead atoms. The van der Waals surface area contributed by atoms with Crippen LogP contribution in [0.1, 0.15) is 27.2 Å². The van der Waals surface area contributed by atoms with Crippen molar-refractivity contribution in [1.29, 1.82) is 0 Å². The quantitative estimate of drug-likeness (QED) is 0.667. The third kappa shape index (κ3) is 6.20. The number of hydrogen-bond acceptors (Lipinski definition) is 2. The summed E-state index contributed by atoms with van der Waals surface area (Å²) < 4.78 is 4.74. The van der Waals surface area contributed by atoms with Gasteiger partial charge in [-0.1, -0.05) is 19.9 Å². The molecule has 0 spiro atoms. The van der Waals surface area contributed by atoms with Gasteiger partial charge in [-0.05, 0) is 18.8 Å². The van der Waals surface area contributed by atoms with Gasteiger partial charge in [0.25, 0.3) is 0 Å². The highest BCUT2D eigenvalue weighted by molar-refractivity contribution is 5.67. The van der Waals surface area contributed by atoms with Gasteiger partial charge in [0.1, 0.15) is 0 Å². The summed E-state index contributed by atoms with van der Waals surface area (Å²) in [4.78, 5) is 10.9. The van der Waals surface area contributed by atoms with E-state index in [0.29, 0.717) is 13.2 Å². The van der Waals surface area contributed by atoms with Gasteiger partial charge in [-0.3, -0.25) is 0 Å².